The minimum Gasteiger partial charge on any atom is -0.481 e. The molecule has 1 aromatic heterocycles. The second kappa shape index (κ2) is 5.97. The highest BCUT2D eigenvalue weighted by Crippen LogP contribution is 2.54. The van der Waals surface area contributed by atoms with Crippen LogP contribution in [0.25, 0.3) is 0 Å². The van der Waals surface area contributed by atoms with Crippen LogP contribution in [0.4, 0.5) is 24.9 Å². The lowest BCUT2D eigenvalue weighted by Gasteiger charge is -2.45. The van der Waals surface area contributed by atoms with E-state index >= 15 is 0 Å². The van der Waals surface area contributed by atoms with E-state index in [1.165, 1.54) is 6.92 Å². The van der Waals surface area contributed by atoms with Crippen LogP contribution >= 0.6 is 0 Å². The maximum Gasteiger partial charge on any atom is 0.433 e. The monoisotopic (exact) mass is 384 g/mol. The Morgan fingerprint density at radius 2 is 1.81 bits per heavy atom. The summed E-state index contributed by atoms with van der Waals surface area (Å²) in [6.07, 6.45) is -4.40. The number of nitrogens with zero attached hydrogens (tertiary/aromatic N) is 4. The number of aliphatic carboxylic acids is 1. The van der Waals surface area contributed by atoms with Crippen molar-refractivity contribution >= 4 is 17.7 Å². The zero-order chi connectivity index (χ0) is 19.7. The van der Waals surface area contributed by atoms with Crippen molar-refractivity contribution in [3.63, 3.8) is 0 Å². The van der Waals surface area contributed by atoms with E-state index in [1.807, 2.05) is 16.7 Å². The Morgan fingerprint density at radius 3 is 2.30 bits per heavy atom. The maximum absolute atomic E-state index is 13.6. The van der Waals surface area contributed by atoms with Gasteiger partial charge in [0.15, 0.2) is 5.69 Å². The van der Waals surface area contributed by atoms with Crippen LogP contribution in [0.3, 0.4) is 0 Å². The van der Waals surface area contributed by atoms with E-state index in [0.29, 0.717) is 31.4 Å². The fourth-order valence-electron chi connectivity index (χ4n) is 4.59. The van der Waals surface area contributed by atoms with Gasteiger partial charge in [0.25, 0.3) is 0 Å². The summed E-state index contributed by atoms with van der Waals surface area (Å²) in [5, 5.41) is 8.94. The van der Waals surface area contributed by atoms with Gasteiger partial charge in [0, 0.05) is 37.7 Å². The topological polar surface area (TPSA) is 69.6 Å². The van der Waals surface area contributed by atoms with Gasteiger partial charge >= 0.3 is 12.1 Å². The van der Waals surface area contributed by atoms with Gasteiger partial charge in [0.2, 0.25) is 5.95 Å². The van der Waals surface area contributed by atoms with E-state index in [2.05, 4.69) is 16.9 Å². The zero-order valence-electron chi connectivity index (χ0n) is 15.5. The van der Waals surface area contributed by atoms with E-state index < -0.39 is 17.8 Å². The highest BCUT2D eigenvalue weighted by Gasteiger charge is 2.56. The van der Waals surface area contributed by atoms with Gasteiger partial charge in [-0.2, -0.15) is 18.2 Å². The number of rotatable bonds is 4. The molecular weight excluding hydrogens is 361 g/mol. The van der Waals surface area contributed by atoms with Crippen LogP contribution in [-0.2, 0) is 11.0 Å². The summed E-state index contributed by atoms with van der Waals surface area (Å²) in [7, 11) is 0. The van der Waals surface area contributed by atoms with Crippen LogP contribution in [0, 0.1) is 30.6 Å². The predicted molar refractivity (Wildman–Crippen MR) is 92.7 cm³/mol. The van der Waals surface area contributed by atoms with Gasteiger partial charge in [0.05, 0.1) is 0 Å². The molecular formula is C18H23F3N4O2. The molecule has 1 saturated carbocycles. The number of halogens is 3. The number of aromatic nitrogens is 2. The van der Waals surface area contributed by atoms with Crippen LogP contribution < -0.4 is 9.80 Å². The quantitative estimate of drug-likeness (QED) is 0.861. The lowest BCUT2D eigenvalue weighted by molar-refractivity contribution is -0.141. The average molecular weight is 384 g/mol. The first-order valence-corrected chi connectivity index (χ1v) is 9.27. The second-order valence-corrected chi connectivity index (χ2v) is 8.18. The summed E-state index contributed by atoms with van der Waals surface area (Å²) in [6.45, 7) is 7.20. The molecule has 0 aromatic carbocycles. The number of piperidine rings is 1. The maximum atomic E-state index is 13.6. The zero-order valence-corrected chi connectivity index (χ0v) is 15.5. The highest BCUT2D eigenvalue weighted by molar-refractivity contribution is 5.68. The van der Waals surface area contributed by atoms with Crippen molar-refractivity contribution in [1.29, 1.82) is 0 Å². The van der Waals surface area contributed by atoms with Crippen molar-refractivity contribution in [2.45, 2.75) is 39.4 Å². The van der Waals surface area contributed by atoms with Crippen molar-refractivity contribution < 1.29 is 23.1 Å². The number of fused-ring (bicyclic) bond motifs is 1. The van der Waals surface area contributed by atoms with Gasteiger partial charge in [-0.15, -0.1) is 0 Å². The molecule has 3 heterocycles. The fourth-order valence-corrected chi connectivity index (χ4v) is 4.59. The van der Waals surface area contributed by atoms with Crippen LogP contribution in [0.1, 0.15) is 31.5 Å². The van der Waals surface area contributed by atoms with E-state index in [4.69, 9.17) is 5.11 Å². The second-order valence-electron chi connectivity index (χ2n) is 8.18. The summed E-state index contributed by atoms with van der Waals surface area (Å²) >= 11 is 0. The highest BCUT2D eigenvalue weighted by atomic mass is 19.4. The molecule has 4 rings (SSSR count). The molecule has 1 unspecified atom stereocenters. The Kier molecular flexibility index (Phi) is 4.05. The van der Waals surface area contributed by atoms with Gasteiger partial charge in [-0.25, -0.2) is 4.98 Å². The molecule has 3 aliphatic rings. The molecule has 0 spiro atoms. The van der Waals surface area contributed by atoms with Crippen molar-refractivity contribution in [3.05, 3.63) is 11.3 Å². The molecule has 0 bridgehead atoms. The molecule has 2 saturated heterocycles. The summed E-state index contributed by atoms with van der Waals surface area (Å²) in [5.74, 6) is 0.647. The number of hydrogen-bond donors (Lipinski definition) is 1. The van der Waals surface area contributed by atoms with Crippen LogP contribution in [0.2, 0.25) is 0 Å². The first-order chi connectivity index (χ1) is 12.6. The summed E-state index contributed by atoms with van der Waals surface area (Å²) in [6, 6.07) is 0.105. The number of carbonyl (C=O) groups is 1. The molecule has 2 aliphatic heterocycles. The van der Waals surface area contributed by atoms with Gasteiger partial charge < -0.3 is 14.9 Å². The Hall–Kier alpha value is -2.06. The van der Waals surface area contributed by atoms with E-state index in [1.54, 1.807) is 0 Å². The third kappa shape index (κ3) is 3.00. The lowest BCUT2D eigenvalue weighted by atomic mass is 9.92. The number of carboxylic acids is 1. The number of hydrogen-bond acceptors (Lipinski definition) is 5. The van der Waals surface area contributed by atoms with Crippen molar-refractivity contribution in [2.24, 2.45) is 23.7 Å². The van der Waals surface area contributed by atoms with Crippen molar-refractivity contribution in [3.8, 4) is 0 Å². The molecule has 5 atom stereocenters. The summed E-state index contributed by atoms with van der Waals surface area (Å²) in [4.78, 5) is 22.9. The van der Waals surface area contributed by atoms with Gasteiger partial charge in [-0.3, -0.25) is 4.79 Å². The van der Waals surface area contributed by atoms with E-state index in [-0.39, 0.29) is 41.7 Å². The number of anilines is 2. The largest absolute Gasteiger partial charge is 0.481 e. The molecule has 1 aromatic rings. The Labute approximate surface area is 155 Å². The van der Waals surface area contributed by atoms with Gasteiger partial charge in [-0.1, -0.05) is 6.92 Å². The normalized spacial score (nSPS) is 32.3. The molecule has 6 nitrogen and oxygen atoms in total. The Morgan fingerprint density at radius 1 is 1.19 bits per heavy atom. The molecule has 3 fully saturated rings. The minimum absolute atomic E-state index is 0.0450. The Balaban J connectivity index is 1.62. The fraction of sp³-hybridized carbons (Fsp3) is 0.722. The minimum atomic E-state index is -4.54. The van der Waals surface area contributed by atoms with Crippen LogP contribution in [-0.4, -0.2) is 46.7 Å². The molecule has 148 valence electrons. The van der Waals surface area contributed by atoms with Crippen molar-refractivity contribution in [2.75, 3.05) is 29.4 Å². The number of carboxylic acid groups (broad SMARTS) is 1. The third-order valence-corrected chi connectivity index (χ3v) is 6.51. The lowest BCUT2D eigenvalue weighted by Crippen LogP contribution is -2.54. The smallest absolute Gasteiger partial charge is 0.433 e. The van der Waals surface area contributed by atoms with Crippen LogP contribution in [0.15, 0.2) is 0 Å². The first kappa shape index (κ1) is 18.3. The molecule has 1 aliphatic carbocycles. The van der Waals surface area contributed by atoms with E-state index in [0.717, 1.165) is 0 Å². The average Bonchev–Trinajstić information content (AvgIpc) is 3.02. The third-order valence-electron chi connectivity index (χ3n) is 6.51. The summed E-state index contributed by atoms with van der Waals surface area (Å²) < 4.78 is 40.7. The SMILES string of the molecule is Cc1c(N2C[C@@H]3C(CC(=O)O)[C@@H]3C2)nc(N2C[C@H](C)[C@@H]2C)nc1C(F)(F)F. The molecule has 27 heavy (non-hydrogen) atoms. The predicted octanol–water partition coefficient (Wildman–Crippen LogP) is 2.81. The standard InChI is InChI=1S/C18H23F3N4O2/c1-8-5-25(10(8)3)17-22-15(18(19,20)21)9(2)16(23-17)24-6-12-11(4-14(26)27)13(12)7-24/h8,10-13H,4-7H2,1-3H3,(H,26,27)/t8-,10-,11?,12-,13+/m0/s1. The van der Waals surface area contributed by atoms with E-state index in [9.17, 15) is 18.0 Å². The first-order valence-electron chi connectivity index (χ1n) is 9.27. The molecule has 1 N–H and O–H groups in total. The molecule has 0 amide bonds. The Bertz CT molecular complexity index is 773. The van der Waals surface area contributed by atoms with Crippen LogP contribution in [0.5, 0.6) is 0 Å². The molecule has 0 radical (unpaired) electrons. The van der Waals surface area contributed by atoms with Gasteiger partial charge in [0.1, 0.15) is 5.82 Å². The molecule has 9 heteroatoms. The number of alkyl halides is 3. The van der Waals surface area contributed by atoms with Crippen molar-refractivity contribution in [1.82, 2.24) is 9.97 Å². The van der Waals surface area contributed by atoms with Gasteiger partial charge in [-0.05, 0) is 37.5 Å². The summed E-state index contributed by atoms with van der Waals surface area (Å²) in [5.41, 5.74) is -0.833.